The second kappa shape index (κ2) is 6.05. The van der Waals surface area contributed by atoms with Gasteiger partial charge in [-0.2, -0.15) is 0 Å². The molecule has 1 atom stereocenters. The molecule has 0 spiro atoms. The molecular formula is C15H20N2O3. The molecule has 1 saturated heterocycles. The molecule has 0 saturated carbocycles. The van der Waals surface area contributed by atoms with Crippen LogP contribution in [0.3, 0.4) is 0 Å². The zero-order valence-electron chi connectivity index (χ0n) is 11.9. The van der Waals surface area contributed by atoms with E-state index in [4.69, 9.17) is 0 Å². The number of carboxylic acid groups (broad SMARTS) is 1. The highest BCUT2D eigenvalue weighted by Gasteiger charge is 2.28. The quantitative estimate of drug-likeness (QED) is 0.899. The summed E-state index contributed by atoms with van der Waals surface area (Å²) in [6.45, 7) is 1.97. The number of aromatic carboxylic acids is 1. The minimum atomic E-state index is -0.886. The van der Waals surface area contributed by atoms with Crippen LogP contribution in [0, 0.1) is 0 Å². The van der Waals surface area contributed by atoms with Gasteiger partial charge in [-0.25, -0.2) is 4.79 Å². The van der Waals surface area contributed by atoms with Crippen LogP contribution in [0.15, 0.2) is 24.3 Å². The highest BCUT2D eigenvalue weighted by molar-refractivity contribution is 5.89. The van der Waals surface area contributed by atoms with E-state index in [-0.39, 0.29) is 11.8 Å². The number of rotatable bonds is 4. The Balaban J connectivity index is 2.06. The molecule has 5 nitrogen and oxygen atoms in total. The van der Waals surface area contributed by atoms with Crippen molar-refractivity contribution in [3.05, 3.63) is 35.4 Å². The van der Waals surface area contributed by atoms with E-state index >= 15 is 0 Å². The summed E-state index contributed by atoms with van der Waals surface area (Å²) >= 11 is 0. The molecule has 1 aliphatic heterocycles. The Labute approximate surface area is 118 Å². The molecule has 20 heavy (non-hydrogen) atoms. The van der Waals surface area contributed by atoms with Gasteiger partial charge in [-0.1, -0.05) is 18.2 Å². The van der Waals surface area contributed by atoms with Crippen LogP contribution in [0.5, 0.6) is 0 Å². The summed E-state index contributed by atoms with van der Waals surface area (Å²) in [7, 11) is 3.49. The van der Waals surface area contributed by atoms with E-state index in [0.717, 1.165) is 25.1 Å². The van der Waals surface area contributed by atoms with E-state index in [9.17, 15) is 14.7 Å². The fourth-order valence-electron chi connectivity index (χ4n) is 2.61. The topological polar surface area (TPSA) is 60.9 Å². The second-order valence-corrected chi connectivity index (χ2v) is 5.40. The number of amides is 1. The average molecular weight is 276 g/mol. The van der Waals surface area contributed by atoms with Crippen molar-refractivity contribution in [2.75, 3.05) is 33.7 Å². The van der Waals surface area contributed by atoms with Gasteiger partial charge in [0.15, 0.2) is 0 Å². The van der Waals surface area contributed by atoms with Crippen molar-refractivity contribution >= 4 is 11.9 Å². The summed E-state index contributed by atoms with van der Waals surface area (Å²) < 4.78 is 0. The number of nitrogens with zero attached hydrogens (tertiary/aromatic N) is 2. The number of benzene rings is 1. The summed E-state index contributed by atoms with van der Waals surface area (Å²) in [5.41, 5.74) is 1.25. The molecule has 5 heteroatoms. The zero-order valence-corrected chi connectivity index (χ0v) is 11.9. The van der Waals surface area contributed by atoms with Crippen molar-refractivity contribution in [2.24, 2.45) is 0 Å². The molecule has 108 valence electrons. The molecule has 1 fully saturated rings. The third-order valence-corrected chi connectivity index (χ3v) is 3.76. The zero-order chi connectivity index (χ0) is 14.7. The van der Waals surface area contributed by atoms with Crippen LogP contribution in [0.4, 0.5) is 0 Å². The van der Waals surface area contributed by atoms with Crippen LogP contribution in [0.2, 0.25) is 0 Å². The van der Waals surface area contributed by atoms with E-state index in [1.54, 1.807) is 31.1 Å². The smallest absolute Gasteiger partial charge is 0.335 e. The van der Waals surface area contributed by atoms with Gasteiger partial charge >= 0.3 is 5.97 Å². The van der Waals surface area contributed by atoms with Crippen molar-refractivity contribution in [1.82, 2.24) is 9.80 Å². The number of likely N-dealkylation sites (N-methyl/N-ethyl adjacent to an activating group) is 1. The van der Waals surface area contributed by atoms with Crippen molar-refractivity contribution in [3.63, 3.8) is 0 Å². The van der Waals surface area contributed by atoms with Crippen molar-refractivity contribution in [3.8, 4) is 0 Å². The number of carbonyl (C=O) groups excluding carboxylic acids is 1. The van der Waals surface area contributed by atoms with Crippen LogP contribution in [-0.4, -0.2) is 60.5 Å². The van der Waals surface area contributed by atoms with Gasteiger partial charge < -0.3 is 10.0 Å². The third kappa shape index (κ3) is 3.17. The molecule has 0 radical (unpaired) electrons. The Morgan fingerprint density at radius 2 is 2.05 bits per heavy atom. The van der Waals surface area contributed by atoms with E-state index < -0.39 is 5.97 Å². The Morgan fingerprint density at radius 3 is 2.70 bits per heavy atom. The van der Waals surface area contributed by atoms with Gasteiger partial charge in [0.1, 0.15) is 0 Å². The van der Waals surface area contributed by atoms with Crippen molar-refractivity contribution < 1.29 is 14.7 Å². The lowest BCUT2D eigenvalue weighted by Crippen LogP contribution is -2.35. The Kier molecular flexibility index (Phi) is 4.39. The predicted octanol–water partition coefficient (Wildman–Crippen LogP) is 1.26. The number of likely N-dealkylation sites (tertiary alicyclic amines) is 1. The molecule has 1 N–H and O–H groups in total. The highest BCUT2D eigenvalue weighted by Crippen LogP contribution is 2.29. The lowest BCUT2D eigenvalue weighted by atomic mass is 9.93. The van der Waals surface area contributed by atoms with Gasteiger partial charge in [0, 0.05) is 20.6 Å². The van der Waals surface area contributed by atoms with Gasteiger partial charge in [-0.15, -0.1) is 0 Å². The predicted molar refractivity (Wildman–Crippen MR) is 75.9 cm³/mol. The number of carboxylic acids is 1. The molecule has 1 aromatic rings. The first-order valence-corrected chi connectivity index (χ1v) is 6.73. The summed E-state index contributed by atoms with van der Waals surface area (Å²) in [6, 6.07) is 7.14. The highest BCUT2D eigenvalue weighted by atomic mass is 16.4. The van der Waals surface area contributed by atoms with E-state index in [1.807, 2.05) is 12.1 Å². The Bertz CT molecular complexity index is 514. The maximum absolute atomic E-state index is 11.7. The molecule has 1 amide bonds. The summed E-state index contributed by atoms with van der Waals surface area (Å²) in [6.07, 6.45) is 0.894. The first-order chi connectivity index (χ1) is 9.49. The molecule has 0 bridgehead atoms. The van der Waals surface area contributed by atoms with Crippen molar-refractivity contribution in [2.45, 2.75) is 12.3 Å². The molecule has 0 aliphatic carbocycles. The SMILES string of the molecule is CN(C)C(=O)CN1CC[C@@H](c2ccccc2C(=O)O)C1. The van der Waals surface area contributed by atoms with Crippen LogP contribution in [-0.2, 0) is 4.79 Å². The normalized spacial score (nSPS) is 19.0. The largest absolute Gasteiger partial charge is 0.478 e. The molecular weight excluding hydrogens is 256 g/mol. The first kappa shape index (κ1) is 14.5. The van der Waals surface area contributed by atoms with Crippen molar-refractivity contribution in [1.29, 1.82) is 0 Å². The summed E-state index contributed by atoms with van der Waals surface area (Å²) in [4.78, 5) is 26.6. The fourth-order valence-corrected chi connectivity index (χ4v) is 2.61. The van der Waals surface area contributed by atoms with Gasteiger partial charge in [-0.05, 0) is 30.5 Å². The van der Waals surface area contributed by atoms with E-state index in [2.05, 4.69) is 4.90 Å². The van der Waals surface area contributed by atoms with Crippen LogP contribution in [0.25, 0.3) is 0 Å². The Morgan fingerprint density at radius 1 is 1.35 bits per heavy atom. The summed E-state index contributed by atoms with van der Waals surface area (Å²) in [5, 5.41) is 9.24. The fraction of sp³-hybridized carbons (Fsp3) is 0.467. The maximum atomic E-state index is 11.7. The monoisotopic (exact) mass is 276 g/mol. The molecule has 1 aliphatic rings. The summed E-state index contributed by atoms with van der Waals surface area (Å²) in [5.74, 6) is -0.613. The lowest BCUT2D eigenvalue weighted by molar-refractivity contribution is -0.129. The van der Waals surface area contributed by atoms with Crippen LogP contribution in [0.1, 0.15) is 28.3 Å². The third-order valence-electron chi connectivity index (χ3n) is 3.76. The maximum Gasteiger partial charge on any atom is 0.335 e. The lowest BCUT2D eigenvalue weighted by Gasteiger charge is -2.19. The number of carbonyl (C=O) groups is 2. The average Bonchev–Trinajstić information content (AvgIpc) is 2.87. The van der Waals surface area contributed by atoms with Gasteiger partial charge in [0.05, 0.1) is 12.1 Å². The van der Waals surface area contributed by atoms with Gasteiger partial charge in [0.25, 0.3) is 0 Å². The van der Waals surface area contributed by atoms with E-state index in [0.29, 0.717) is 12.1 Å². The second-order valence-electron chi connectivity index (χ2n) is 5.40. The molecule has 0 aromatic heterocycles. The molecule has 1 heterocycles. The minimum Gasteiger partial charge on any atom is -0.478 e. The Hall–Kier alpha value is -1.88. The standard InChI is InChI=1S/C15H20N2O3/c1-16(2)14(18)10-17-8-7-11(9-17)12-5-3-4-6-13(12)15(19)20/h3-6,11H,7-10H2,1-2H3,(H,19,20)/t11-/m1/s1. The number of hydrogen-bond acceptors (Lipinski definition) is 3. The minimum absolute atomic E-state index is 0.0807. The van der Waals surface area contributed by atoms with Crippen LogP contribution >= 0.6 is 0 Å². The molecule has 1 aromatic carbocycles. The first-order valence-electron chi connectivity index (χ1n) is 6.73. The van der Waals surface area contributed by atoms with Crippen LogP contribution < -0.4 is 0 Å². The number of hydrogen-bond donors (Lipinski definition) is 1. The molecule has 0 unspecified atom stereocenters. The van der Waals surface area contributed by atoms with Gasteiger partial charge in [-0.3, -0.25) is 9.69 Å². The van der Waals surface area contributed by atoms with E-state index in [1.165, 1.54) is 0 Å². The molecule has 2 rings (SSSR count). The van der Waals surface area contributed by atoms with Gasteiger partial charge in [0.2, 0.25) is 5.91 Å².